The predicted molar refractivity (Wildman–Crippen MR) is 72.7 cm³/mol. The van der Waals surface area contributed by atoms with Crippen LogP contribution in [0.5, 0.6) is 5.75 Å². The van der Waals surface area contributed by atoms with Crippen molar-refractivity contribution < 1.29 is 9.90 Å². The molecule has 0 saturated carbocycles. The molecule has 1 aliphatic rings. The zero-order valence-corrected chi connectivity index (χ0v) is 11.0. The van der Waals surface area contributed by atoms with Crippen LogP contribution in [-0.2, 0) is 0 Å². The van der Waals surface area contributed by atoms with Crippen LogP contribution in [0.15, 0.2) is 24.4 Å². The van der Waals surface area contributed by atoms with Gasteiger partial charge >= 0.3 is 0 Å². The number of nitrogens with zero attached hydrogens (tertiary/aromatic N) is 3. The highest BCUT2D eigenvalue weighted by atomic mass is 16.3. The SMILES string of the molecule is Cc1cccc(NC(=O)c2cn(C3CNC3)nn2)c1O. The summed E-state index contributed by atoms with van der Waals surface area (Å²) >= 11 is 0. The summed E-state index contributed by atoms with van der Waals surface area (Å²) in [6.07, 6.45) is 1.62. The zero-order valence-electron chi connectivity index (χ0n) is 11.0. The molecule has 3 N–H and O–H groups in total. The third-order valence-electron chi connectivity index (χ3n) is 3.36. The Labute approximate surface area is 115 Å². The van der Waals surface area contributed by atoms with E-state index in [1.165, 1.54) is 0 Å². The second kappa shape index (κ2) is 4.93. The van der Waals surface area contributed by atoms with Crippen molar-refractivity contribution in [3.63, 3.8) is 0 Å². The van der Waals surface area contributed by atoms with Gasteiger partial charge in [0.15, 0.2) is 5.69 Å². The van der Waals surface area contributed by atoms with Crippen LogP contribution in [-0.4, -0.2) is 39.1 Å². The summed E-state index contributed by atoms with van der Waals surface area (Å²) in [6, 6.07) is 5.43. The highest BCUT2D eigenvalue weighted by molar-refractivity contribution is 6.03. The summed E-state index contributed by atoms with van der Waals surface area (Å²) in [4.78, 5) is 12.1. The molecule has 0 unspecified atom stereocenters. The molecule has 1 aromatic heterocycles. The predicted octanol–water partition coefficient (Wildman–Crippen LogP) is 0.689. The van der Waals surface area contributed by atoms with E-state index >= 15 is 0 Å². The maximum atomic E-state index is 12.1. The number of aromatic hydroxyl groups is 1. The lowest BCUT2D eigenvalue weighted by molar-refractivity contribution is 0.102. The summed E-state index contributed by atoms with van der Waals surface area (Å²) in [5.41, 5.74) is 1.31. The molecule has 2 aromatic rings. The van der Waals surface area contributed by atoms with Gasteiger partial charge in [-0.05, 0) is 18.6 Å². The van der Waals surface area contributed by atoms with Crippen LogP contribution in [0.2, 0.25) is 0 Å². The number of carbonyl (C=O) groups is 1. The lowest BCUT2D eigenvalue weighted by Gasteiger charge is -2.26. The van der Waals surface area contributed by atoms with Gasteiger partial charge in [-0.25, -0.2) is 4.68 Å². The Balaban J connectivity index is 1.75. The summed E-state index contributed by atoms with van der Waals surface area (Å²) < 4.78 is 1.68. The number of aryl methyl sites for hydroxylation is 1. The van der Waals surface area contributed by atoms with E-state index in [0.717, 1.165) is 13.1 Å². The van der Waals surface area contributed by atoms with Gasteiger partial charge in [0, 0.05) is 13.1 Å². The van der Waals surface area contributed by atoms with Crippen LogP contribution in [0.4, 0.5) is 5.69 Å². The Morgan fingerprint density at radius 2 is 2.30 bits per heavy atom. The standard InChI is InChI=1S/C13H15N5O2/c1-8-3-2-4-10(12(8)19)15-13(20)11-7-18(17-16-11)9-5-14-6-9/h2-4,7,9,14,19H,5-6H2,1H3,(H,15,20). The van der Waals surface area contributed by atoms with E-state index in [1.807, 2.05) is 0 Å². The van der Waals surface area contributed by atoms with Crippen molar-refractivity contribution in [2.75, 3.05) is 18.4 Å². The van der Waals surface area contributed by atoms with E-state index in [0.29, 0.717) is 11.3 Å². The number of benzene rings is 1. The molecule has 104 valence electrons. The minimum atomic E-state index is -0.385. The molecule has 2 heterocycles. The molecule has 1 fully saturated rings. The quantitative estimate of drug-likeness (QED) is 0.716. The highest BCUT2D eigenvalue weighted by Crippen LogP contribution is 2.26. The van der Waals surface area contributed by atoms with Gasteiger partial charge in [-0.1, -0.05) is 17.3 Å². The maximum Gasteiger partial charge on any atom is 0.277 e. The van der Waals surface area contributed by atoms with Gasteiger partial charge in [0.05, 0.1) is 17.9 Å². The second-order valence-corrected chi connectivity index (χ2v) is 4.82. The first-order valence-corrected chi connectivity index (χ1v) is 6.37. The van der Waals surface area contributed by atoms with Gasteiger partial charge in [0.1, 0.15) is 5.75 Å². The molecule has 0 bridgehead atoms. The third kappa shape index (κ3) is 2.23. The Morgan fingerprint density at radius 1 is 1.50 bits per heavy atom. The lowest BCUT2D eigenvalue weighted by atomic mass is 10.2. The summed E-state index contributed by atoms with van der Waals surface area (Å²) in [5.74, 6) is -0.319. The van der Waals surface area contributed by atoms with Crippen LogP contribution in [0, 0.1) is 6.92 Å². The smallest absolute Gasteiger partial charge is 0.277 e. The molecule has 1 amide bonds. The van der Waals surface area contributed by atoms with Crippen molar-refractivity contribution in [2.24, 2.45) is 0 Å². The van der Waals surface area contributed by atoms with Crippen LogP contribution >= 0.6 is 0 Å². The van der Waals surface area contributed by atoms with Gasteiger partial charge in [0.2, 0.25) is 0 Å². The van der Waals surface area contributed by atoms with E-state index in [9.17, 15) is 9.90 Å². The number of anilines is 1. The fourth-order valence-electron chi connectivity index (χ4n) is 1.97. The number of phenols is 1. The molecule has 1 aliphatic heterocycles. The maximum absolute atomic E-state index is 12.1. The van der Waals surface area contributed by atoms with Crippen molar-refractivity contribution in [1.82, 2.24) is 20.3 Å². The number of amides is 1. The number of aromatic nitrogens is 3. The average Bonchev–Trinajstić information content (AvgIpc) is 2.82. The molecule has 20 heavy (non-hydrogen) atoms. The van der Waals surface area contributed by atoms with E-state index in [2.05, 4.69) is 20.9 Å². The number of rotatable bonds is 3. The van der Waals surface area contributed by atoms with Gasteiger partial charge in [-0.15, -0.1) is 5.10 Å². The monoisotopic (exact) mass is 273 g/mol. The molecular formula is C13H15N5O2. The van der Waals surface area contributed by atoms with Crippen LogP contribution in [0.1, 0.15) is 22.1 Å². The third-order valence-corrected chi connectivity index (χ3v) is 3.36. The Kier molecular flexibility index (Phi) is 3.11. The van der Waals surface area contributed by atoms with E-state index < -0.39 is 0 Å². The number of para-hydroxylation sites is 1. The first-order valence-electron chi connectivity index (χ1n) is 6.37. The Bertz CT molecular complexity index is 648. The molecule has 3 rings (SSSR count). The number of carbonyl (C=O) groups excluding carboxylic acids is 1. The number of nitrogens with one attached hydrogen (secondary N) is 2. The molecule has 0 radical (unpaired) electrons. The molecule has 0 spiro atoms. The van der Waals surface area contributed by atoms with E-state index in [-0.39, 0.29) is 23.4 Å². The van der Waals surface area contributed by atoms with Crippen LogP contribution in [0.3, 0.4) is 0 Å². The molecule has 7 nitrogen and oxygen atoms in total. The normalized spacial score (nSPS) is 14.8. The topological polar surface area (TPSA) is 92.1 Å². The lowest BCUT2D eigenvalue weighted by Crippen LogP contribution is -2.43. The molecule has 1 aromatic carbocycles. The molecule has 7 heteroatoms. The number of hydrogen-bond donors (Lipinski definition) is 3. The van der Waals surface area contributed by atoms with Crippen molar-refractivity contribution in [2.45, 2.75) is 13.0 Å². The van der Waals surface area contributed by atoms with Gasteiger partial charge in [-0.2, -0.15) is 0 Å². The molecule has 0 aliphatic carbocycles. The Morgan fingerprint density at radius 3 is 3.00 bits per heavy atom. The van der Waals surface area contributed by atoms with Gasteiger partial charge in [-0.3, -0.25) is 4.79 Å². The molecular weight excluding hydrogens is 258 g/mol. The minimum Gasteiger partial charge on any atom is -0.505 e. The summed E-state index contributed by atoms with van der Waals surface area (Å²) in [7, 11) is 0. The average molecular weight is 273 g/mol. The molecule has 0 atom stereocenters. The molecule has 1 saturated heterocycles. The van der Waals surface area contributed by atoms with Crippen molar-refractivity contribution >= 4 is 11.6 Å². The summed E-state index contributed by atoms with van der Waals surface area (Å²) in [5, 5.41) is 23.4. The zero-order chi connectivity index (χ0) is 14.1. The Hall–Kier alpha value is -2.41. The van der Waals surface area contributed by atoms with E-state index in [4.69, 9.17) is 0 Å². The fourth-order valence-corrected chi connectivity index (χ4v) is 1.97. The fraction of sp³-hybridized carbons (Fsp3) is 0.308. The van der Waals surface area contributed by atoms with Crippen molar-refractivity contribution in [3.8, 4) is 5.75 Å². The second-order valence-electron chi connectivity index (χ2n) is 4.82. The van der Waals surface area contributed by atoms with Crippen molar-refractivity contribution in [3.05, 3.63) is 35.7 Å². The number of phenolic OH excluding ortho intramolecular Hbond substituents is 1. The first-order chi connectivity index (χ1) is 9.65. The number of hydrogen-bond acceptors (Lipinski definition) is 5. The van der Waals surface area contributed by atoms with Crippen LogP contribution in [0.25, 0.3) is 0 Å². The van der Waals surface area contributed by atoms with Gasteiger partial charge in [0.25, 0.3) is 5.91 Å². The first kappa shape index (κ1) is 12.6. The highest BCUT2D eigenvalue weighted by Gasteiger charge is 2.22. The minimum absolute atomic E-state index is 0.0661. The van der Waals surface area contributed by atoms with Crippen molar-refractivity contribution in [1.29, 1.82) is 0 Å². The van der Waals surface area contributed by atoms with E-state index in [1.54, 1.807) is 36.0 Å². The van der Waals surface area contributed by atoms with Gasteiger partial charge < -0.3 is 15.7 Å². The van der Waals surface area contributed by atoms with Crippen LogP contribution < -0.4 is 10.6 Å². The summed E-state index contributed by atoms with van der Waals surface area (Å²) in [6.45, 7) is 3.44. The largest absolute Gasteiger partial charge is 0.505 e.